The minimum Gasteiger partial charge on any atom is -0.495 e. The van der Waals surface area contributed by atoms with E-state index in [9.17, 15) is 31.1 Å². The SMILES string of the molecule is COc1c(C(F)(F)F)cc(SC)c([C]=O)c1C(F)(F)F. The van der Waals surface area contributed by atoms with Crippen molar-refractivity contribution in [3.05, 3.63) is 22.8 Å². The topological polar surface area (TPSA) is 26.3 Å². The van der Waals surface area contributed by atoms with Crippen molar-refractivity contribution in [3.8, 4) is 5.75 Å². The molecule has 0 atom stereocenters. The molecule has 0 N–H and O–H groups in total. The molecule has 1 radical (unpaired) electrons. The Bertz CT molecular complexity index is 521. The predicted molar refractivity (Wildman–Crippen MR) is 59.6 cm³/mol. The zero-order valence-corrected chi connectivity index (χ0v) is 10.9. The van der Waals surface area contributed by atoms with Crippen molar-refractivity contribution < 1.29 is 35.9 Å². The van der Waals surface area contributed by atoms with Gasteiger partial charge >= 0.3 is 12.4 Å². The Morgan fingerprint density at radius 1 is 1.15 bits per heavy atom. The molecule has 0 aromatic heterocycles. The van der Waals surface area contributed by atoms with E-state index in [4.69, 9.17) is 0 Å². The highest BCUT2D eigenvalue weighted by Crippen LogP contribution is 2.47. The summed E-state index contributed by atoms with van der Waals surface area (Å²) in [6, 6.07) is 0.443. The van der Waals surface area contributed by atoms with E-state index in [1.165, 1.54) is 6.26 Å². The fourth-order valence-electron chi connectivity index (χ4n) is 1.60. The van der Waals surface area contributed by atoms with Crippen LogP contribution in [0.3, 0.4) is 0 Å². The van der Waals surface area contributed by atoms with Crippen LogP contribution in [0.5, 0.6) is 5.75 Å². The van der Waals surface area contributed by atoms with E-state index in [0.29, 0.717) is 24.9 Å². The maximum Gasteiger partial charge on any atom is 0.420 e. The molecule has 0 unspecified atom stereocenters. The predicted octanol–water partition coefficient (Wildman–Crippen LogP) is 3.91. The van der Waals surface area contributed by atoms with Gasteiger partial charge in [0.15, 0.2) is 0 Å². The van der Waals surface area contributed by atoms with Crippen LogP contribution in [0.2, 0.25) is 0 Å². The monoisotopic (exact) mass is 317 g/mol. The molecule has 0 amide bonds. The highest BCUT2D eigenvalue weighted by atomic mass is 32.2. The molecule has 20 heavy (non-hydrogen) atoms. The summed E-state index contributed by atoms with van der Waals surface area (Å²) in [5.41, 5.74) is -4.35. The first kappa shape index (κ1) is 16.7. The molecule has 0 fully saturated rings. The summed E-state index contributed by atoms with van der Waals surface area (Å²) < 4.78 is 81.4. The van der Waals surface area contributed by atoms with Gasteiger partial charge in [0.1, 0.15) is 11.3 Å². The average molecular weight is 317 g/mol. The number of carbonyl (C=O) groups excluding carboxylic acids is 1. The van der Waals surface area contributed by atoms with Crippen LogP contribution in [-0.2, 0) is 17.1 Å². The van der Waals surface area contributed by atoms with Crippen LogP contribution < -0.4 is 4.74 Å². The van der Waals surface area contributed by atoms with Gasteiger partial charge in [-0.25, -0.2) is 0 Å². The lowest BCUT2D eigenvalue weighted by molar-refractivity contribution is -0.145. The van der Waals surface area contributed by atoms with Gasteiger partial charge < -0.3 is 4.74 Å². The third-order valence-corrected chi connectivity index (χ3v) is 3.12. The molecule has 0 saturated carbocycles. The van der Waals surface area contributed by atoms with Gasteiger partial charge in [-0.2, -0.15) is 26.3 Å². The van der Waals surface area contributed by atoms with Gasteiger partial charge in [-0.1, -0.05) is 0 Å². The number of thioether (sulfide) groups is 1. The van der Waals surface area contributed by atoms with Gasteiger partial charge in [0.25, 0.3) is 0 Å². The molecule has 0 spiro atoms. The standard InChI is InChI=1S/C11H7F6O2S/c1-19-9-6(10(12,13)14)3-7(20-2)5(4-18)8(9)11(15,16)17/h3H,1-2H3. The number of hydrogen-bond acceptors (Lipinski definition) is 3. The number of rotatable bonds is 3. The Hall–Kier alpha value is -1.38. The molecule has 1 rings (SSSR count). The highest BCUT2D eigenvalue weighted by Gasteiger charge is 2.45. The third-order valence-electron chi connectivity index (χ3n) is 2.36. The van der Waals surface area contributed by atoms with Crippen LogP contribution in [0.25, 0.3) is 0 Å². The number of hydrogen-bond donors (Lipinski definition) is 0. The second-order valence-electron chi connectivity index (χ2n) is 3.51. The summed E-state index contributed by atoms with van der Waals surface area (Å²) >= 11 is 0.582. The van der Waals surface area contributed by atoms with E-state index >= 15 is 0 Å². The zero-order valence-electron chi connectivity index (χ0n) is 10.1. The number of alkyl halides is 6. The molecule has 0 aliphatic heterocycles. The zero-order chi connectivity index (χ0) is 15.7. The number of halogens is 6. The molecular formula is C11H7F6O2S. The summed E-state index contributed by atoms with van der Waals surface area (Å²) in [4.78, 5) is 10.2. The van der Waals surface area contributed by atoms with Gasteiger partial charge in [0.05, 0.1) is 18.2 Å². The molecule has 111 valence electrons. The smallest absolute Gasteiger partial charge is 0.420 e. The molecule has 2 nitrogen and oxygen atoms in total. The maximum absolute atomic E-state index is 12.9. The van der Waals surface area contributed by atoms with Gasteiger partial charge in [0, 0.05) is 4.90 Å². The van der Waals surface area contributed by atoms with Gasteiger partial charge in [-0.3, -0.25) is 4.79 Å². The number of ether oxygens (including phenoxy) is 1. The third kappa shape index (κ3) is 3.02. The van der Waals surface area contributed by atoms with Crippen LogP contribution in [0.15, 0.2) is 11.0 Å². The Morgan fingerprint density at radius 3 is 2.00 bits per heavy atom. The Balaban J connectivity index is 3.89. The Morgan fingerprint density at radius 2 is 1.70 bits per heavy atom. The normalized spacial score (nSPS) is 12.4. The minimum absolute atomic E-state index is 0.443. The fourth-order valence-corrected chi connectivity index (χ4v) is 2.18. The van der Waals surface area contributed by atoms with Crippen LogP contribution in [0.1, 0.15) is 16.7 Å². The van der Waals surface area contributed by atoms with E-state index in [1.54, 1.807) is 0 Å². The quantitative estimate of drug-likeness (QED) is 0.624. The van der Waals surface area contributed by atoms with Crippen molar-refractivity contribution in [2.24, 2.45) is 0 Å². The van der Waals surface area contributed by atoms with E-state index in [1.807, 2.05) is 0 Å². The van der Waals surface area contributed by atoms with Crippen molar-refractivity contribution in [2.45, 2.75) is 17.2 Å². The molecule has 0 aliphatic rings. The van der Waals surface area contributed by atoms with Crippen molar-refractivity contribution >= 4 is 18.0 Å². The summed E-state index contributed by atoms with van der Waals surface area (Å²) in [7, 11) is 0.674. The average Bonchev–Trinajstić information content (AvgIpc) is 2.33. The lowest BCUT2D eigenvalue weighted by Gasteiger charge is -2.20. The van der Waals surface area contributed by atoms with Crippen molar-refractivity contribution in [1.29, 1.82) is 0 Å². The van der Waals surface area contributed by atoms with Crippen LogP contribution >= 0.6 is 11.8 Å². The highest BCUT2D eigenvalue weighted by molar-refractivity contribution is 7.98. The second kappa shape index (κ2) is 5.55. The first-order valence-electron chi connectivity index (χ1n) is 4.89. The summed E-state index contributed by atoms with van der Waals surface area (Å²) in [5.74, 6) is -1.43. The fraction of sp³-hybridized carbons (Fsp3) is 0.364. The first-order chi connectivity index (χ1) is 9.07. The lowest BCUT2D eigenvalue weighted by Crippen LogP contribution is -2.17. The Labute approximate surface area is 114 Å². The first-order valence-corrected chi connectivity index (χ1v) is 6.11. The van der Waals surface area contributed by atoms with Crippen molar-refractivity contribution in [1.82, 2.24) is 0 Å². The molecule has 1 aromatic carbocycles. The van der Waals surface area contributed by atoms with E-state index in [0.717, 1.165) is 6.29 Å². The summed E-state index contributed by atoms with van der Waals surface area (Å²) in [6.45, 7) is 0. The molecule has 0 aliphatic carbocycles. The van der Waals surface area contributed by atoms with E-state index < -0.39 is 39.7 Å². The number of methoxy groups -OCH3 is 1. The largest absolute Gasteiger partial charge is 0.495 e. The molecule has 0 saturated heterocycles. The van der Waals surface area contributed by atoms with Crippen LogP contribution in [0, 0.1) is 0 Å². The molecular weight excluding hydrogens is 310 g/mol. The van der Waals surface area contributed by atoms with Crippen molar-refractivity contribution in [2.75, 3.05) is 13.4 Å². The lowest BCUT2D eigenvalue weighted by atomic mass is 10.0. The maximum atomic E-state index is 12.9. The molecule has 1 aromatic rings. The van der Waals surface area contributed by atoms with E-state index in [2.05, 4.69) is 4.74 Å². The van der Waals surface area contributed by atoms with E-state index in [-0.39, 0.29) is 0 Å². The Kier molecular flexibility index (Phi) is 4.62. The van der Waals surface area contributed by atoms with Gasteiger partial charge in [-0.15, -0.1) is 11.8 Å². The molecule has 0 bridgehead atoms. The minimum atomic E-state index is -5.18. The van der Waals surface area contributed by atoms with Gasteiger partial charge in [0.2, 0.25) is 6.29 Å². The second-order valence-corrected chi connectivity index (χ2v) is 4.36. The molecule has 9 heteroatoms. The number of benzene rings is 1. The van der Waals surface area contributed by atoms with Crippen LogP contribution in [0.4, 0.5) is 26.3 Å². The van der Waals surface area contributed by atoms with Crippen molar-refractivity contribution in [3.63, 3.8) is 0 Å². The summed E-state index contributed by atoms with van der Waals surface area (Å²) in [5, 5.41) is 0. The summed E-state index contributed by atoms with van der Waals surface area (Å²) in [6.07, 6.45) is -7.93. The van der Waals surface area contributed by atoms with Gasteiger partial charge in [-0.05, 0) is 12.3 Å². The van der Waals surface area contributed by atoms with Crippen LogP contribution in [-0.4, -0.2) is 19.7 Å². The molecule has 0 heterocycles.